The molecule has 1 rings (SSSR count). The van der Waals surface area contributed by atoms with Gasteiger partial charge in [-0.2, -0.15) is 0 Å². The van der Waals surface area contributed by atoms with Crippen LogP contribution in [0.4, 0.5) is 5.69 Å². The van der Waals surface area contributed by atoms with Gasteiger partial charge in [-0.1, -0.05) is 18.1 Å². The van der Waals surface area contributed by atoms with Gasteiger partial charge in [0.15, 0.2) is 0 Å². The van der Waals surface area contributed by atoms with Gasteiger partial charge in [0.1, 0.15) is 0 Å². The molecule has 0 saturated heterocycles. The van der Waals surface area contributed by atoms with E-state index in [1.807, 2.05) is 32.0 Å². The lowest BCUT2D eigenvalue weighted by atomic mass is 10.1. The van der Waals surface area contributed by atoms with Gasteiger partial charge in [0.25, 0.3) is 0 Å². The minimum absolute atomic E-state index is 0.0517. The summed E-state index contributed by atoms with van der Waals surface area (Å²) >= 11 is 0. The highest BCUT2D eigenvalue weighted by atomic mass is 16.4. The normalized spacial score (nSPS) is 10.1. The molecule has 1 aromatic carbocycles. The molecule has 0 saturated carbocycles. The van der Waals surface area contributed by atoms with Crippen molar-refractivity contribution in [3.05, 3.63) is 29.3 Å². The predicted molar refractivity (Wildman–Crippen MR) is 77.5 cm³/mol. The molecule has 1 amide bonds. The molecule has 0 spiro atoms. The van der Waals surface area contributed by atoms with E-state index in [0.717, 1.165) is 16.8 Å². The molecule has 0 unspecified atom stereocenters. The Morgan fingerprint density at radius 3 is 2.65 bits per heavy atom. The number of hydrogen-bond donors (Lipinski definition) is 2. The first-order chi connectivity index (χ1) is 9.43. The van der Waals surface area contributed by atoms with Crippen molar-refractivity contribution in [1.29, 1.82) is 0 Å². The molecule has 1 aromatic rings. The highest BCUT2D eigenvalue weighted by Crippen LogP contribution is 2.17. The predicted octanol–water partition coefficient (Wildman–Crippen LogP) is 1.26. The van der Waals surface area contributed by atoms with E-state index < -0.39 is 5.97 Å². The van der Waals surface area contributed by atoms with E-state index in [1.54, 1.807) is 0 Å². The summed E-state index contributed by atoms with van der Waals surface area (Å²) in [6.45, 7) is 3.68. The number of aryl methyl sites for hydroxylation is 1. The molecule has 20 heavy (non-hydrogen) atoms. The third-order valence-corrected chi connectivity index (χ3v) is 2.92. The molecule has 0 aliphatic heterocycles. The lowest BCUT2D eigenvalue weighted by Crippen LogP contribution is -2.37. The maximum Gasteiger partial charge on any atom is 0.317 e. The van der Waals surface area contributed by atoms with E-state index in [4.69, 9.17) is 11.5 Å². The molecule has 106 valence electrons. The van der Waals surface area contributed by atoms with Gasteiger partial charge >= 0.3 is 5.97 Å². The van der Waals surface area contributed by atoms with Gasteiger partial charge in [0.2, 0.25) is 5.91 Å². The number of carboxylic acid groups (broad SMARTS) is 1. The fourth-order valence-electron chi connectivity index (χ4n) is 1.77. The average Bonchev–Trinajstić information content (AvgIpc) is 2.34. The Morgan fingerprint density at radius 2 is 2.05 bits per heavy atom. The maximum atomic E-state index is 11.9. The lowest BCUT2D eigenvalue weighted by molar-refractivity contribution is -0.138. The molecule has 0 aliphatic carbocycles. The molecule has 0 aromatic heterocycles. The number of anilines is 1. The molecule has 2 N–H and O–H groups in total. The number of aliphatic carboxylic acids is 1. The number of carboxylic acids is 1. The van der Waals surface area contributed by atoms with Crippen molar-refractivity contribution in [2.24, 2.45) is 0 Å². The zero-order valence-corrected chi connectivity index (χ0v) is 11.6. The summed E-state index contributed by atoms with van der Waals surface area (Å²) in [6.07, 6.45) is 5.16. The second-order valence-electron chi connectivity index (χ2n) is 4.54. The Labute approximate surface area is 118 Å². The molecular weight excluding hydrogens is 256 g/mol. The van der Waals surface area contributed by atoms with Crippen molar-refractivity contribution in [1.82, 2.24) is 4.90 Å². The molecular formula is C15H18N2O3. The average molecular weight is 274 g/mol. The van der Waals surface area contributed by atoms with Crippen molar-refractivity contribution >= 4 is 17.6 Å². The highest BCUT2D eigenvalue weighted by Gasteiger charge is 2.14. The van der Waals surface area contributed by atoms with Crippen LogP contribution in [0.15, 0.2) is 18.2 Å². The van der Waals surface area contributed by atoms with E-state index in [-0.39, 0.29) is 25.5 Å². The fraction of sp³-hybridized carbons (Fsp3) is 0.333. The maximum absolute atomic E-state index is 11.9. The van der Waals surface area contributed by atoms with Gasteiger partial charge in [-0.25, -0.2) is 0 Å². The number of nitrogens with zero attached hydrogens (tertiary/aromatic N) is 1. The Kier molecular flexibility index (Phi) is 5.75. The number of carbonyl (C=O) groups excluding carboxylic acids is 1. The first kappa shape index (κ1) is 15.7. The molecule has 5 nitrogen and oxygen atoms in total. The van der Waals surface area contributed by atoms with Crippen molar-refractivity contribution in [2.45, 2.75) is 13.8 Å². The van der Waals surface area contributed by atoms with Crippen LogP contribution in [0.2, 0.25) is 0 Å². The molecule has 5 heteroatoms. The van der Waals surface area contributed by atoms with Gasteiger partial charge in [-0.3, -0.25) is 14.5 Å². The number of benzene rings is 1. The number of carbonyl (C=O) groups is 2. The molecule has 0 atom stereocenters. The standard InChI is InChI=1S/C15H18N2O3/c1-4-8-17(10-15(19)20)9-14(18)16-13-7-5-6-11(2)12(13)3/h1,5-7H,8-10H2,2-3H3,(H,16,18)(H,19,20). The van der Waals surface area contributed by atoms with Crippen LogP contribution in [0.3, 0.4) is 0 Å². The number of hydrogen-bond acceptors (Lipinski definition) is 3. The second kappa shape index (κ2) is 7.31. The molecule has 0 aliphatic rings. The van der Waals surface area contributed by atoms with E-state index in [2.05, 4.69) is 11.2 Å². The molecule has 0 fully saturated rings. The van der Waals surface area contributed by atoms with Gasteiger partial charge in [0.05, 0.1) is 19.6 Å². The zero-order chi connectivity index (χ0) is 15.1. The van der Waals surface area contributed by atoms with Crippen LogP contribution in [0.1, 0.15) is 11.1 Å². The van der Waals surface area contributed by atoms with Crippen LogP contribution in [0.5, 0.6) is 0 Å². The summed E-state index contributed by atoms with van der Waals surface area (Å²) < 4.78 is 0. The molecule has 0 radical (unpaired) electrons. The topological polar surface area (TPSA) is 69.6 Å². The molecule has 0 bridgehead atoms. The van der Waals surface area contributed by atoms with Crippen LogP contribution < -0.4 is 5.32 Å². The minimum atomic E-state index is -1.01. The smallest absolute Gasteiger partial charge is 0.317 e. The third kappa shape index (κ3) is 4.75. The first-order valence-electron chi connectivity index (χ1n) is 6.17. The monoisotopic (exact) mass is 274 g/mol. The largest absolute Gasteiger partial charge is 0.480 e. The van der Waals surface area contributed by atoms with E-state index in [0.29, 0.717) is 0 Å². The van der Waals surface area contributed by atoms with Gasteiger partial charge in [-0.05, 0) is 31.0 Å². The van der Waals surface area contributed by atoms with Gasteiger partial charge in [0, 0.05) is 5.69 Å². The zero-order valence-electron chi connectivity index (χ0n) is 11.6. The van der Waals surface area contributed by atoms with Crippen molar-refractivity contribution in [2.75, 3.05) is 25.0 Å². The number of amides is 1. The Bertz CT molecular complexity index is 547. The van der Waals surface area contributed by atoms with E-state index in [9.17, 15) is 9.59 Å². The lowest BCUT2D eigenvalue weighted by Gasteiger charge is -2.17. The summed E-state index contributed by atoms with van der Waals surface area (Å²) in [5.74, 6) is 1.05. The number of nitrogens with one attached hydrogen (secondary N) is 1. The van der Waals surface area contributed by atoms with Crippen LogP contribution in [0, 0.1) is 26.2 Å². The third-order valence-electron chi connectivity index (χ3n) is 2.92. The molecule has 0 heterocycles. The van der Waals surface area contributed by atoms with Crippen LogP contribution >= 0.6 is 0 Å². The minimum Gasteiger partial charge on any atom is -0.480 e. The Morgan fingerprint density at radius 1 is 1.35 bits per heavy atom. The van der Waals surface area contributed by atoms with Gasteiger partial charge in [-0.15, -0.1) is 6.42 Å². The Hall–Kier alpha value is -2.32. The fourth-order valence-corrected chi connectivity index (χ4v) is 1.77. The summed E-state index contributed by atoms with van der Waals surface area (Å²) in [4.78, 5) is 24.0. The number of rotatable bonds is 6. The quantitative estimate of drug-likeness (QED) is 0.766. The van der Waals surface area contributed by atoms with Crippen LogP contribution in [0.25, 0.3) is 0 Å². The number of terminal acetylenes is 1. The Balaban J connectivity index is 2.68. The summed E-state index contributed by atoms with van der Waals surface area (Å²) in [7, 11) is 0. The first-order valence-corrected chi connectivity index (χ1v) is 6.17. The van der Waals surface area contributed by atoms with Crippen LogP contribution in [-0.4, -0.2) is 41.5 Å². The van der Waals surface area contributed by atoms with Crippen molar-refractivity contribution < 1.29 is 14.7 Å². The summed E-state index contributed by atoms with van der Waals surface area (Å²) in [5.41, 5.74) is 2.79. The summed E-state index contributed by atoms with van der Waals surface area (Å²) in [6, 6.07) is 5.62. The van der Waals surface area contributed by atoms with Crippen LogP contribution in [-0.2, 0) is 9.59 Å². The van der Waals surface area contributed by atoms with E-state index >= 15 is 0 Å². The van der Waals surface area contributed by atoms with E-state index in [1.165, 1.54) is 4.90 Å². The summed E-state index contributed by atoms with van der Waals surface area (Å²) in [5, 5.41) is 11.5. The van der Waals surface area contributed by atoms with Crippen molar-refractivity contribution in [3.63, 3.8) is 0 Å². The van der Waals surface area contributed by atoms with Gasteiger partial charge < -0.3 is 10.4 Å². The van der Waals surface area contributed by atoms with Crippen molar-refractivity contribution in [3.8, 4) is 12.3 Å². The SMILES string of the molecule is C#CCN(CC(=O)O)CC(=O)Nc1cccc(C)c1C. The second-order valence-corrected chi connectivity index (χ2v) is 4.54. The highest BCUT2D eigenvalue weighted by molar-refractivity contribution is 5.93.